The minimum atomic E-state index is -3.32. The molecule has 5 heteroatoms. The zero-order valence-electron chi connectivity index (χ0n) is 11.8. The fraction of sp³-hybridized carbons (Fsp3) is 0.571. The Labute approximate surface area is 116 Å². The first kappa shape index (κ1) is 16.1. The van der Waals surface area contributed by atoms with Gasteiger partial charge >= 0.3 is 0 Å². The van der Waals surface area contributed by atoms with Crippen molar-refractivity contribution in [2.75, 3.05) is 12.3 Å². The van der Waals surface area contributed by atoms with E-state index in [-0.39, 0.29) is 23.6 Å². The largest absolute Gasteiger partial charge is 0.329 e. The molecule has 0 aliphatic carbocycles. The van der Waals surface area contributed by atoms with Gasteiger partial charge in [0.15, 0.2) is 0 Å². The number of hydrogen-bond donors (Lipinski definition) is 2. The Morgan fingerprint density at radius 1 is 1.16 bits per heavy atom. The van der Waals surface area contributed by atoms with Crippen molar-refractivity contribution in [3.05, 3.63) is 35.9 Å². The van der Waals surface area contributed by atoms with Gasteiger partial charge in [-0.1, -0.05) is 51.1 Å². The standard InChI is InChI=1S/C14H24N2O2S/c1-11(2)14(9-15)16-19(17,18)10-12(3)13-7-5-4-6-8-13/h4-8,11-12,14,16H,9-10,15H2,1-3H3. The molecule has 0 bridgehead atoms. The number of benzene rings is 1. The maximum absolute atomic E-state index is 12.1. The van der Waals surface area contributed by atoms with Crippen molar-refractivity contribution in [1.82, 2.24) is 4.72 Å². The summed E-state index contributed by atoms with van der Waals surface area (Å²) in [5.74, 6) is 0.233. The second kappa shape index (κ2) is 7.03. The molecule has 0 radical (unpaired) electrons. The summed E-state index contributed by atoms with van der Waals surface area (Å²) in [6.07, 6.45) is 0. The van der Waals surface area contributed by atoms with Crippen LogP contribution in [-0.2, 0) is 10.0 Å². The predicted molar refractivity (Wildman–Crippen MR) is 79.5 cm³/mol. The van der Waals surface area contributed by atoms with Gasteiger partial charge in [0.05, 0.1) is 5.75 Å². The maximum atomic E-state index is 12.1. The fourth-order valence-corrected chi connectivity index (χ4v) is 3.72. The van der Waals surface area contributed by atoms with Crippen molar-refractivity contribution in [3.63, 3.8) is 0 Å². The average Bonchev–Trinajstić information content (AvgIpc) is 2.36. The summed E-state index contributed by atoms with van der Waals surface area (Å²) in [4.78, 5) is 0. The number of nitrogens with one attached hydrogen (secondary N) is 1. The minimum Gasteiger partial charge on any atom is -0.329 e. The van der Waals surface area contributed by atoms with Gasteiger partial charge in [-0.3, -0.25) is 0 Å². The Morgan fingerprint density at radius 3 is 2.21 bits per heavy atom. The fourth-order valence-electron chi connectivity index (χ4n) is 1.94. The van der Waals surface area contributed by atoms with Crippen LogP contribution in [0.3, 0.4) is 0 Å². The van der Waals surface area contributed by atoms with Crippen LogP contribution in [0.5, 0.6) is 0 Å². The summed E-state index contributed by atoms with van der Waals surface area (Å²) < 4.78 is 26.9. The molecule has 0 spiro atoms. The zero-order chi connectivity index (χ0) is 14.5. The van der Waals surface area contributed by atoms with Crippen LogP contribution < -0.4 is 10.5 Å². The highest BCUT2D eigenvalue weighted by molar-refractivity contribution is 7.89. The summed E-state index contributed by atoms with van der Waals surface area (Å²) in [7, 11) is -3.32. The number of rotatable bonds is 7. The van der Waals surface area contributed by atoms with Crippen LogP contribution in [-0.4, -0.2) is 26.8 Å². The van der Waals surface area contributed by atoms with Gasteiger partial charge in [-0.05, 0) is 17.4 Å². The molecule has 4 nitrogen and oxygen atoms in total. The molecule has 1 rings (SSSR count). The van der Waals surface area contributed by atoms with Crippen molar-refractivity contribution < 1.29 is 8.42 Å². The van der Waals surface area contributed by atoms with Gasteiger partial charge in [0.25, 0.3) is 0 Å². The third kappa shape index (κ3) is 5.30. The van der Waals surface area contributed by atoms with Crippen molar-refractivity contribution in [1.29, 1.82) is 0 Å². The highest BCUT2D eigenvalue weighted by atomic mass is 32.2. The molecule has 19 heavy (non-hydrogen) atoms. The van der Waals surface area contributed by atoms with E-state index in [4.69, 9.17) is 5.73 Å². The van der Waals surface area contributed by atoms with Crippen molar-refractivity contribution in [2.45, 2.75) is 32.7 Å². The lowest BCUT2D eigenvalue weighted by atomic mass is 10.0. The second-order valence-corrected chi connectivity index (χ2v) is 7.10. The first-order valence-electron chi connectivity index (χ1n) is 6.60. The van der Waals surface area contributed by atoms with Crippen LogP contribution in [0.15, 0.2) is 30.3 Å². The van der Waals surface area contributed by atoms with Gasteiger partial charge in [-0.2, -0.15) is 0 Å². The molecule has 0 aromatic heterocycles. The topological polar surface area (TPSA) is 72.2 Å². The predicted octanol–water partition coefficient (Wildman–Crippen LogP) is 1.69. The zero-order valence-corrected chi connectivity index (χ0v) is 12.7. The molecule has 2 unspecified atom stereocenters. The number of hydrogen-bond acceptors (Lipinski definition) is 3. The van der Waals surface area contributed by atoms with E-state index < -0.39 is 10.0 Å². The highest BCUT2D eigenvalue weighted by Crippen LogP contribution is 2.16. The molecule has 0 saturated heterocycles. The Balaban J connectivity index is 2.69. The third-order valence-electron chi connectivity index (χ3n) is 3.23. The van der Waals surface area contributed by atoms with Crippen LogP contribution in [0, 0.1) is 5.92 Å². The van der Waals surface area contributed by atoms with Crippen LogP contribution in [0.1, 0.15) is 32.3 Å². The average molecular weight is 284 g/mol. The smallest absolute Gasteiger partial charge is 0.212 e. The maximum Gasteiger partial charge on any atom is 0.212 e. The van der Waals surface area contributed by atoms with Crippen molar-refractivity contribution in [3.8, 4) is 0 Å². The van der Waals surface area contributed by atoms with Crippen LogP contribution in [0.4, 0.5) is 0 Å². The molecule has 1 aromatic rings. The molecule has 0 aliphatic heterocycles. The molecule has 0 heterocycles. The normalized spacial score (nSPS) is 15.4. The molecule has 0 aliphatic rings. The van der Waals surface area contributed by atoms with E-state index in [1.807, 2.05) is 51.1 Å². The van der Waals surface area contributed by atoms with E-state index >= 15 is 0 Å². The van der Waals surface area contributed by atoms with Crippen LogP contribution >= 0.6 is 0 Å². The number of sulfonamides is 1. The highest BCUT2D eigenvalue weighted by Gasteiger charge is 2.22. The first-order chi connectivity index (χ1) is 8.85. The lowest BCUT2D eigenvalue weighted by Gasteiger charge is -2.21. The Hall–Kier alpha value is -0.910. The first-order valence-corrected chi connectivity index (χ1v) is 8.26. The molecular formula is C14H24N2O2S. The molecule has 0 amide bonds. The summed E-state index contributed by atoms with van der Waals surface area (Å²) in [6.45, 7) is 6.15. The van der Waals surface area contributed by atoms with E-state index in [1.54, 1.807) is 0 Å². The van der Waals surface area contributed by atoms with E-state index in [0.717, 1.165) is 5.56 Å². The van der Waals surface area contributed by atoms with E-state index in [0.29, 0.717) is 6.54 Å². The molecule has 0 saturated carbocycles. The lowest BCUT2D eigenvalue weighted by molar-refractivity contribution is 0.454. The van der Waals surface area contributed by atoms with Gasteiger partial charge in [-0.15, -0.1) is 0 Å². The molecule has 108 valence electrons. The molecule has 2 atom stereocenters. The minimum absolute atomic E-state index is 0.0377. The Kier molecular flexibility index (Phi) is 5.97. The lowest BCUT2D eigenvalue weighted by Crippen LogP contribution is -2.45. The quantitative estimate of drug-likeness (QED) is 0.800. The van der Waals surface area contributed by atoms with Crippen LogP contribution in [0.25, 0.3) is 0 Å². The summed E-state index contributed by atoms with van der Waals surface area (Å²) in [5, 5.41) is 0. The third-order valence-corrected chi connectivity index (χ3v) is 4.83. The van der Waals surface area contributed by atoms with Gasteiger partial charge in [0.1, 0.15) is 0 Å². The van der Waals surface area contributed by atoms with Crippen molar-refractivity contribution in [2.24, 2.45) is 11.7 Å². The summed E-state index contributed by atoms with van der Waals surface area (Å²) in [6, 6.07) is 9.46. The summed E-state index contributed by atoms with van der Waals surface area (Å²) >= 11 is 0. The SMILES string of the molecule is CC(CS(=O)(=O)NC(CN)C(C)C)c1ccccc1. The van der Waals surface area contributed by atoms with Gasteiger partial charge < -0.3 is 5.73 Å². The molecule has 1 aromatic carbocycles. The van der Waals surface area contributed by atoms with Crippen LogP contribution in [0.2, 0.25) is 0 Å². The molecule has 3 N–H and O–H groups in total. The van der Waals surface area contributed by atoms with Gasteiger partial charge in [0.2, 0.25) is 10.0 Å². The van der Waals surface area contributed by atoms with E-state index in [9.17, 15) is 8.42 Å². The Bertz CT molecular complexity index is 471. The molecule has 0 fully saturated rings. The van der Waals surface area contributed by atoms with E-state index in [2.05, 4.69) is 4.72 Å². The van der Waals surface area contributed by atoms with E-state index in [1.165, 1.54) is 0 Å². The van der Waals surface area contributed by atoms with Gasteiger partial charge in [0, 0.05) is 12.6 Å². The summed E-state index contributed by atoms with van der Waals surface area (Å²) in [5.41, 5.74) is 6.63. The number of nitrogens with two attached hydrogens (primary N) is 1. The second-order valence-electron chi connectivity index (χ2n) is 5.30. The molecular weight excluding hydrogens is 260 g/mol. The Morgan fingerprint density at radius 2 is 1.74 bits per heavy atom. The van der Waals surface area contributed by atoms with Crippen molar-refractivity contribution >= 4 is 10.0 Å². The van der Waals surface area contributed by atoms with Gasteiger partial charge in [-0.25, -0.2) is 13.1 Å². The monoisotopic (exact) mass is 284 g/mol.